The van der Waals surface area contributed by atoms with Gasteiger partial charge in [-0.05, 0) is 12.0 Å². The molecule has 0 spiro atoms. The van der Waals surface area contributed by atoms with Gasteiger partial charge in [-0.2, -0.15) is 0 Å². The zero-order chi connectivity index (χ0) is 15.1. The molecule has 1 rings (SSSR count). The first-order valence-electron chi connectivity index (χ1n) is 6.31. The Morgan fingerprint density at radius 3 is 2.85 bits per heavy atom. The van der Waals surface area contributed by atoms with Crippen LogP contribution in [0.1, 0.15) is 30.6 Å². The maximum atomic E-state index is 12.5. The molecule has 110 valence electrons. The average Bonchev–Trinajstić information content (AvgIpc) is 2.42. The molecule has 0 saturated heterocycles. The molecule has 1 amide bonds. The lowest BCUT2D eigenvalue weighted by Gasteiger charge is -2.24. The molecule has 1 aromatic heterocycles. The Kier molecular flexibility index (Phi) is 6.24. The predicted molar refractivity (Wildman–Crippen MR) is 78.0 cm³/mol. The number of amidine groups is 1. The van der Waals surface area contributed by atoms with E-state index in [2.05, 4.69) is 10.1 Å². The van der Waals surface area contributed by atoms with Crippen molar-refractivity contribution in [3.63, 3.8) is 0 Å². The third-order valence-electron chi connectivity index (χ3n) is 2.64. The average molecular weight is 299 g/mol. The summed E-state index contributed by atoms with van der Waals surface area (Å²) in [6.45, 7) is 4.96. The molecule has 0 unspecified atom stereocenters. The molecule has 6 nitrogen and oxygen atoms in total. The third-order valence-corrected chi connectivity index (χ3v) is 2.94. The lowest BCUT2D eigenvalue weighted by Crippen LogP contribution is -2.37. The minimum absolute atomic E-state index is 0.0902. The highest BCUT2D eigenvalue weighted by molar-refractivity contribution is 6.33. The van der Waals surface area contributed by atoms with Crippen molar-refractivity contribution in [1.29, 1.82) is 0 Å². The molecular formula is C13H19ClN4O2. The van der Waals surface area contributed by atoms with Gasteiger partial charge in [0.15, 0.2) is 0 Å². The van der Waals surface area contributed by atoms with Crippen LogP contribution in [-0.2, 0) is 0 Å². The molecule has 0 fully saturated rings. The fraction of sp³-hybridized carbons (Fsp3) is 0.462. The number of amides is 1. The Hall–Kier alpha value is -1.82. The second kappa shape index (κ2) is 7.69. The van der Waals surface area contributed by atoms with E-state index in [0.717, 1.165) is 0 Å². The molecule has 0 saturated carbocycles. The van der Waals surface area contributed by atoms with Crippen LogP contribution in [0.2, 0.25) is 5.02 Å². The molecule has 1 heterocycles. The van der Waals surface area contributed by atoms with Gasteiger partial charge < -0.3 is 15.8 Å². The van der Waals surface area contributed by atoms with Crippen molar-refractivity contribution in [1.82, 2.24) is 9.88 Å². The summed E-state index contributed by atoms with van der Waals surface area (Å²) in [6.07, 6.45) is 3.26. The molecule has 0 bridgehead atoms. The van der Waals surface area contributed by atoms with Crippen LogP contribution in [0.3, 0.4) is 0 Å². The summed E-state index contributed by atoms with van der Waals surface area (Å²) in [7, 11) is 0. The molecule has 0 radical (unpaired) electrons. The summed E-state index contributed by atoms with van der Waals surface area (Å²) in [4.78, 5) is 18.0. The number of hydrogen-bond donors (Lipinski definition) is 2. The van der Waals surface area contributed by atoms with Crippen LogP contribution < -0.4 is 5.73 Å². The molecule has 3 N–H and O–H groups in total. The normalized spacial score (nSPS) is 11.7. The summed E-state index contributed by atoms with van der Waals surface area (Å²) in [5, 5.41) is 11.8. The highest BCUT2D eigenvalue weighted by Gasteiger charge is 2.19. The van der Waals surface area contributed by atoms with Gasteiger partial charge in [-0.25, -0.2) is 0 Å². The van der Waals surface area contributed by atoms with Gasteiger partial charge in [-0.3, -0.25) is 9.78 Å². The van der Waals surface area contributed by atoms with Crippen LogP contribution in [0.15, 0.2) is 23.6 Å². The maximum Gasteiger partial charge on any atom is 0.255 e. The number of pyridine rings is 1. The number of oxime groups is 1. The molecular weight excluding hydrogens is 280 g/mol. The summed E-state index contributed by atoms with van der Waals surface area (Å²) >= 11 is 5.99. The molecule has 0 atom stereocenters. The minimum Gasteiger partial charge on any atom is -0.409 e. The number of hydrogen-bond acceptors (Lipinski definition) is 4. The SMILES string of the molecule is CC(C)CN(CCC(N)=NO)C(=O)c1ccncc1Cl. The number of nitrogens with zero attached hydrogens (tertiary/aromatic N) is 3. The Morgan fingerprint density at radius 1 is 1.60 bits per heavy atom. The Bertz CT molecular complexity index is 491. The Labute approximate surface area is 123 Å². The second-order valence-electron chi connectivity index (χ2n) is 4.84. The van der Waals surface area contributed by atoms with Gasteiger partial charge in [0.25, 0.3) is 5.91 Å². The van der Waals surface area contributed by atoms with Gasteiger partial charge in [-0.15, -0.1) is 0 Å². The number of aromatic nitrogens is 1. The van der Waals surface area contributed by atoms with Crippen LogP contribution in [0.25, 0.3) is 0 Å². The van der Waals surface area contributed by atoms with Crippen molar-refractivity contribution in [3.8, 4) is 0 Å². The quantitative estimate of drug-likeness (QED) is 0.363. The van der Waals surface area contributed by atoms with E-state index < -0.39 is 0 Å². The fourth-order valence-corrected chi connectivity index (χ4v) is 1.94. The van der Waals surface area contributed by atoms with E-state index in [1.165, 1.54) is 12.4 Å². The highest BCUT2D eigenvalue weighted by Crippen LogP contribution is 2.16. The van der Waals surface area contributed by atoms with Crippen molar-refractivity contribution in [2.75, 3.05) is 13.1 Å². The maximum absolute atomic E-state index is 12.5. The zero-order valence-electron chi connectivity index (χ0n) is 11.6. The number of carbonyl (C=O) groups is 1. The first-order chi connectivity index (χ1) is 9.45. The second-order valence-corrected chi connectivity index (χ2v) is 5.25. The van der Waals surface area contributed by atoms with E-state index in [4.69, 9.17) is 22.5 Å². The van der Waals surface area contributed by atoms with Crippen molar-refractivity contribution in [3.05, 3.63) is 29.0 Å². The first kappa shape index (κ1) is 16.2. The van der Waals surface area contributed by atoms with Crippen molar-refractivity contribution >= 4 is 23.3 Å². The van der Waals surface area contributed by atoms with Gasteiger partial charge in [0.2, 0.25) is 0 Å². The van der Waals surface area contributed by atoms with Crippen LogP contribution in [-0.4, -0.2) is 39.9 Å². The number of nitrogens with two attached hydrogens (primary N) is 1. The summed E-state index contributed by atoms with van der Waals surface area (Å²) in [5.41, 5.74) is 5.85. The third kappa shape index (κ3) is 4.70. The molecule has 0 aliphatic heterocycles. The van der Waals surface area contributed by atoms with Crippen molar-refractivity contribution in [2.24, 2.45) is 16.8 Å². The van der Waals surface area contributed by atoms with E-state index in [1.54, 1.807) is 11.0 Å². The predicted octanol–water partition coefficient (Wildman–Crippen LogP) is 1.97. The topological polar surface area (TPSA) is 91.8 Å². The molecule has 20 heavy (non-hydrogen) atoms. The van der Waals surface area contributed by atoms with E-state index >= 15 is 0 Å². The molecule has 0 aliphatic carbocycles. The molecule has 7 heteroatoms. The standard InChI is InChI=1S/C13H19ClN4O2/c1-9(2)8-18(6-4-12(15)17-20)13(19)10-3-5-16-7-11(10)14/h3,5,7,9,20H,4,6,8H2,1-2H3,(H2,15,17). The largest absolute Gasteiger partial charge is 0.409 e. The van der Waals surface area contributed by atoms with Gasteiger partial charge >= 0.3 is 0 Å². The van der Waals surface area contributed by atoms with E-state index in [0.29, 0.717) is 36.0 Å². The summed E-state index contributed by atoms with van der Waals surface area (Å²) in [5.74, 6) is 0.205. The van der Waals surface area contributed by atoms with Gasteiger partial charge in [0, 0.05) is 31.9 Å². The lowest BCUT2D eigenvalue weighted by atomic mass is 10.1. The van der Waals surface area contributed by atoms with Gasteiger partial charge in [0.1, 0.15) is 5.84 Å². The fourth-order valence-electron chi connectivity index (χ4n) is 1.74. The number of carbonyl (C=O) groups excluding carboxylic acids is 1. The molecule has 0 aromatic carbocycles. The van der Waals surface area contributed by atoms with E-state index in [1.807, 2.05) is 13.8 Å². The van der Waals surface area contributed by atoms with Crippen LogP contribution >= 0.6 is 11.6 Å². The monoisotopic (exact) mass is 298 g/mol. The van der Waals surface area contributed by atoms with E-state index in [-0.39, 0.29) is 11.7 Å². The summed E-state index contributed by atoms with van der Waals surface area (Å²) < 4.78 is 0. The Morgan fingerprint density at radius 2 is 2.30 bits per heavy atom. The summed E-state index contributed by atoms with van der Waals surface area (Å²) in [6, 6.07) is 1.58. The van der Waals surface area contributed by atoms with Crippen molar-refractivity contribution in [2.45, 2.75) is 20.3 Å². The lowest BCUT2D eigenvalue weighted by molar-refractivity contribution is 0.0740. The van der Waals surface area contributed by atoms with Crippen molar-refractivity contribution < 1.29 is 10.0 Å². The van der Waals surface area contributed by atoms with Gasteiger partial charge in [-0.1, -0.05) is 30.6 Å². The molecule has 1 aromatic rings. The van der Waals surface area contributed by atoms with Crippen LogP contribution in [0.4, 0.5) is 0 Å². The smallest absolute Gasteiger partial charge is 0.255 e. The molecule has 0 aliphatic rings. The Balaban J connectivity index is 2.87. The van der Waals surface area contributed by atoms with Crippen LogP contribution in [0, 0.1) is 5.92 Å². The van der Waals surface area contributed by atoms with Gasteiger partial charge in [0.05, 0.1) is 10.6 Å². The van der Waals surface area contributed by atoms with Crippen LogP contribution in [0.5, 0.6) is 0 Å². The number of rotatable bonds is 6. The highest BCUT2D eigenvalue weighted by atomic mass is 35.5. The first-order valence-corrected chi connectivity index (χ1v) is 6.68. The zero-order valence-corrected chi connectivity index (χ0v) is 12.3. The minimum atomic E-state index is -0.183. The van der Waals surface area contributed by atoms with E-state index in [9.17, 15) is 4.79 Å². The number of halogens is 1.